The lowest BCUT2D eigenvalue weighted by atomic mass is 9.82. The fraction of sp³-hybridized carbons (Fsp3) is 0.0667. The normalized spacial score (nSPS) is 13.6. The van der Waals surface area contributed by atoms with Crippen molar-refractivity contribution in [3.8, 4) is 84.2 Å². The van der Waals surface area contributed by atoms with Crippen LogP contribution >= 0.6 is 0 Å². The topological polar surface area (TPSA) is 40.6 Å². The van der Waals surface area contributed by atoms with Gasteiger partial charge in [-0.3, -0.25) is 0 Å². The standard InChI is InChI=1S/C90H61N5/c1-89(2)75-29-14-10-25-65(75)67-42-38-62(52-77(67)89)94-80-31-16-12-27-69(80)71-40-33-58(50-84(71)94)56-36-45-82-73(48-56)74-49-57(59-34-41-72-70-28-13-17-32-81(70)95(85(72)51-59)63-39-43-68-66-26-11-15-30-76(66)90(3,4)78(68)53-63)37-46-83(74)93(82)61-23-18-22-60(47-61)87-86-64-24-9-8-19-54(64)35-44-79(86)91-88(92-87)55-20-6-5-7-21-55/h5-53H,1-4H3. The number of hydrogen-bond acceptors (Lipinski definition) is 2. The summed E-state index contributed by atoms with van der Waals surface area (Å²) < 4.78 is 7.44. The highest BCUT2D eigenvalue weighted by Gasteiger charge is 2.37. The van der Waals surface area contributed by atoms with Gasteiger partial charge in [0.2, 0.25) is 0 Å². The van der Waals surface area contributed by atoms with E-state index in [4.69, 9.17) is 9.97 Å². The summed E-state index contributed by atoms with van der Waals surface area (Å²) in [5.74, 6) is 0.701. The summed E-state index contributed by atoms with van der Waals surface area (Å²) in [7, 11) is 0. The SMILES string of the molecule is CC1(C)c2ccccc2-c2ccc(-n3c4ccccc4c4ccc(-c5ccc6c(c5)c5cc(-c7ccc8c9ccccc9n(-c9ccc%10c(c9)C(C)(C)c9ccccc9-%10)c8c7)ccc5n6-c5cccc(-c6nc(-c7ccccc7)nc7ccc8ccccc8c67)c5)cc43)cc21. The molecule has 0 saturated heterocycles. The van der Waals surface area contributed by atoms with E-state index in [0.717, 1.165) is 77.5 Å². The molecule has 0 atom stereocenters. The molecule has 4 aromatic heterocycles. The molecule has 0 aliphatic heterocycles. The first-order chi connectivity index (χ1) is 46.6. The van der Waals surface area contributed by atoms with Crippen LogP contribution in [0.3, 0.4) is 0 Å². The van der Waals surface area contributed by atoms with E-state index in [9.17, 15) is 0 Å². The lowest BCUT2D eigenvalue weighted by Crippen LogP contribution is -2.15. The van der Waals surface area contributed by atoms with Crippen molar-refractivity contribution in [3.63, 3.8) is 0 Å². The lowest BCUT2D eigenvalue weighted by Gasteiger charge is -2.22. The maximum Gasteiger partial charge on any atom is 0.160 e. The van der Waals surface area contributed by atoms with E-state index in [-0.39, 0.29) is 10.8 Å². The third-order valence-electron chi connectivity index (χ3n) is 21.4. The van der Waals surface area contributed by atoms with E-state index in [0.29, 0.717) is 5.82 Å². The van der Waals surface area contributed by atoms with Crippen LogP contribution in [0.15, 0.2) is 297 Å². The van der Waals surface area contributed by atoms with E-state index in [2.05, 4.69) is 333 Å². The lowest BCUT2D eigenvalue weighted by molar-refractivity contribution is 0.660. The predicted octanol–water partition coefficient (Wildman–Crippen LogP) is 23.4. The van der Waals surface area contributed by atoms with Gasteiger partial charge < -0.3 is 13.7 Å². The Morgan fingerprint density at radius 3 is 1.28 bits per heavy atom. The molecule has 18 aromatic rings. The van der Waals surface area contributed by atoms with Crippen LogP contribution in [0.25, 0.3) is 171 Å². The van der Waals surface area contributed by atoms with Crippen molar-refractivity contribution in [1.82, 2.24) is 23.7 Å². The zero-order valence-electron chi connectivity index (χ0n) is 53.0. The molecule has 5 heteroatoms. The van der Waals surface area contributed by atoms with E-state index < -0.39 is 0 Å². The number of benzene rings is 14. The molecular formula is C90H61N5. The second kappa shape index (κ2) is 19.8. The summed E-state index contributed by atoms with van der Waals surface area (Å²) >= 11 is 0. The molecular weight excluding hydrogens is 1150 g/mol. The van der Waals surface area contributed by atoms with Gasteiger partial charge in [0, 0.05) is 76.7 Å². The average Bonchev–Trinajstić information content (AvgIpc) is 1.61. The van der Waals surface area contributed by atoms with Crippen molar-refractivity contribution >= 4 is 87.1 Å². The van der Waals surface area contributed by atoms with Gasteiger partial charge in [0.05, 0.1) is 44.3 Å². The van der Waals surface area contributed by atoms with Crippen molar-refractivity contribution in [3.05, 3.63) is 320 Å². The Kier molecular flexibility index (Phi) is 11.2. The van der Waals surface area contributed by atoms with E-state index in [1.165, 1.54) is 110 Å². The van der Waals surface area contributed by atoms with Crippen LogP contribution < -0.4 is 0 Å². The Hall–Kier alpha value is -11.9. The molecule has 0 radical (unpaired) electrons. The fourth-order valence-electron chi connectivity index (χ4n) is 16.8. The summed E-state index contributed by atoms with van der Waals surface area (Å²) in [5, 5.41) is 10.6. The highest BCUT2D eigenvalue weighted by Crippen LogP contribution is 2.52. The Labute approximate surface area is 549 Å². The first-order valence-corrected chi connectivity index (χ1v) is 33.1. The summed E-state index contributed by atoms with van der Waals surface area (Å²) in [4.78, 5) is 10.7. The quantitative estimate of drug-likeness (QED) is 0.149. The molecule has 2 aliphatic rings. The zero-order valence-corrected chi connectivity index (χ0v) is 53.0. The van der Waals surface area contributed by atoms with Gasteiger partial charge in [0.1, 0.15) is 0 Å². The minimum absolute atomic E-state index is 0.131. The molecule has 0 fully saturated rings. The van der Waals surface area contributed by atoms with Gasteiger partial charge in [-0.25, -0.2) is 9.97 Å². The second-order valence-corrected chi connectivity index (χ2v) is 27.3. The summed E-state index contributed by atoms with van der Waals surface area (Å²) in [5.41, 5.74) is 29.3. The molecule has 95 heavy (non-hydrogen) atoms. The van der Waals surface area contributed by atoms with Crippen LogP contribution in [-0.4, -0.2) is 23.7 Å². The monoisotopic (exact) mass is 1210 g/mol. The smallest absolute Gasteiger partial charge is 0.160 e. The first kappa shape index (κ1) is 53.7. The van der Waals surface area contributed by atoms with Crippen LogP contribution in [-0.2, 0) is 10.8 Å². The van der Waals surface area contributed by atoms with Gasteiger partial charge in [-0.15, -0.1) is 0 Å². The van der Waals surface area contributed by atoms with E-state index in [1.807, 2.05) is 6.07 Å². The van der Waals surface area contributed by atoms with Crippen LogP contribution in [0.4, 0.5) is 0 Å². The van der Waals surface area contributed by atoms with Crippen molar-refractivity contribution < 1.29 is 0 Å². The van der Waals surface area contributed by atoms with Crippen molar-refractivity contribution in [2.24, 2.45) is 0 Å². The molecule has 2 aliphatic carbocycles. The molecule has 0 saturated carbocycles. The Morgan fingerprint density at radius 2 is 0.695 bits per heavy atom. The number of rotatable bonds is 7. The first-order valence-electron chi connectivity index (χ1n) is 33.1. The van der Waals surface area contributed by atoms with Crippen LogP contribution in [0.5, 0.6) is 0 Å². The predicted molar refractivity (Wildman–Crippen MR) is 397 cm³/mol. The minimum Gasteiger partial charge on any atom is -0.309 e. The Bertz CT molecular complexity index is 6060. The Balaban J connectivity index is 0.785. The second-order valence-electron chi connectivity index (χ2n) is 27.3. The van der Waals surface area contributed by atoms with Crippen LogP contribution in [0.2, 0.25) is 0 Å². The number of para-hydroxylation sites is 2. The molecule has 0 N–H and O–H groups in total. The molecule has 20 rings (SSSR count). The third-order valence-corrected chi connectivity index (χ3v) is 21.4. The largest absolute Gasteiger partial charge is 0.309 e. The third kappa shape index (κ3) is 7.78. The average molecular weight is 1210 g/mol. The van der Waals surface area contributed by atoms with Crippen LogP contribution in [0.1, 0.15) is 49.9 Å². The molecule has 0 bridgehead atoms. The molecule has 446 valence electrons. The highest BCUT2D eigenvalue weighted by atomic mass is 15.0. The van der Waals surface area contributed by atoms with Gasteiger partial charge >= 0.3 is 0 Å². The Morgan fingerprint density at radius 1 is 0.253 bits per heavy atom. The molecule has 4 heterocycles. The molecule has 0 amide bonds. The van der Waals surface area contributed by atoms with Crippen molar-refractivity contribution in [2.75, 3.05) is 0 Å². The summed E-state index contributed by atoms with van der Waals surface area (Å²) in [6.07, 6.45) is 0. The van der Waals surface area contributed by atoms with E-state index >= 15 is 0 Å². The maximum absolute atomic E-state index is 5.49. The van der Waals surface area contributed by atoms with Crippen molar-refractivity contribution in [2.45, 2.75) is 38.5 Å². The molecule has 0 unspecified atom stereocenters. The highest BCUT2D eigenvalue weighted by molar-refractivity contribution is 6.16. The van der Waals surface area contributed by atoms with Crippen molar-refractivity contribution in [1.29, 1.82) is 0 Å². The molecule has 5 nitrogen and oxygen atoms in total. The van der Waals surface area contributed by atoms with Gasteiger partial charge in [0.25, 0.3) is 0 Å². The van der Waals surface area contributed by atoms with Gasteiger partial charge in [-0.05, 0) is 169 Å². The van der Waals surface area contributed by atoms with Gasteiger partial charge in [-0.2, -0.15) is 0 Å². The molecule has 14 aromatic carbocycles. The minimum atomic E-state index is -0.131. The number of hydrogen-bond donors (Lipinski definition) is 0. The summed E-state index contributed by atoms with van der Waals surface area (Å²) in [6.45, 7) is 9.48. The number of nitrogens with zero attached hydrogens (tertiary/aromatic N) is 5. The number of fused-ring (bicyclic) bond motifs is 18. The zero-order chi connectivity index (χ0) is 63.0. The summed E-state index contributed by atoms with van der Waals surface area (Å²) in [6, 6.07) is 111. The van der Waals surface area contributed by atoms with Gasteiger partial charge in [0.15, 0.2) is 5.82 Å². The maximum atomic E-state index is 5.49. The van der Waals surface area contributed by atoms with E-state index in [1.54, 1.807) is 0 Å². The van der Waals surface area contributed by atoms with Crippen LogP contribution in [0, 0.1) is 0 Å². The fourth-order valence-corrected chi connectivity index (χ4v) is 16.8. The number of aromatic nitrogens is 5. The molecule has 0 spiro atoms. The van der Waals surface area contributed by atoms with Gasteiger partial charge in [-0.1, -0.05) is 234 Å².